The van der Waals surface area contributed by atoms with E-state index in [0.717, 1.165) is 13.1 Å². The van der Waals surface area contributed by atoms with Crippen LogP contribution in [0.15, 0.2) is 0 Å². The maximum absolute atomic E-state index is 11.3. The van der Waals surface area contributed by atoms with E-state index in [9.17, 15) is 15.2 Å². The van der Waals surface area contributed by atoms with Crippen molar-refractivity contribution in [1.29, 1.82) is 0 Å². The normalized spacial score (nSPS) is 18.0. The first-order valence-electron chi connectivity index (χ1n) is 7.29. The topological polar surface area (TPSA) is 87.7 Å². The molecule has 0 aromatic carbocycles. The van der Waals surface area contributed by atoms with E-state index in [4.69, 9.17) is 0 Å². The third-order valence-electron chi connectivity index (χ3n) is 3.77. The molecule has 1 saturated heterocycles. The molecule has 8 heteroatoms. The number of hydrogen-bond donors (Lipinski definition) is 1. The first-order chi connectivity index (χ1) is 9.93. The number of rotatable bonds is 5. The highest BCUT2D eigenvalue weighted by Gasteiger charge is 2.31. The van der Waals surface area contributed by atoms with Crippen LogP contribution >= 0.6 is 0 Å². The van der Waals surface area contributed by atoms with E-state index in [0.29, 0.717) is 37.6 Å². The predicted octanol–water partition coefficient (Wildman–Crippen LogP) is 0.394. The molecule has 2 rings (SSSR count). The summed E-state index contributed by atoms with van der Waals surface area (Å²) in [4.78, 5) is 15.2. The Morgan fingerprint density at radius 3 is 2.48 bits per heavy atom. The minimum absolute atomic E-state index is 0.129. The van der Waals surface area contributed by atoms with Crippen LogP contribution < -0.4 is 4.90 Å². The number of β-amino-alcohol motifs (C(OH)–C–C–N with tert-alkyl or cyclic N) is 1. The lowest BCUT2D eigenvalue weighted by atomic mass is 10.2. The van der Waals surface area contributed by atoms with Crippen molar-refractivity contribution in [3.05, 3.63) is 15.8 Å². The molecule has 8 nitrogen and oxygen atoms in total. The monoisotopic (exact) mass is 297 g/mol. The highest BCUT2D eigenvalue weighted by Crippen LogP contribution is 2.32. The summed E-state index contributed by atoms with van der Waals surface area (Å²) in [6, 6.07) is 0. The summed E-state index contributed by atoms with van der Waals surface area (Å²) in [6.45, 7) is 7.27. The molecule has 1 aromatic heterocycles. The maximum atomic E-state index is 11.3. The molecule has 2 heterocycles. The molecule has 118 valence electrons. The summed E-state index contributed by atoms with van der Waals surface area (Å²) in [5, 5.41) is 25.0. The number of anilines is 1. The summed E-state index contributed by atoms with van der Waals surface area (Å²) >= 11 is 0. The number of piperazine rings is 1. The molecule has 0 unspecified atom stereocenters. The number of hydrogen-bond acceptors (Lipinski definition) is 6. The van der Waals surface area contributed by atoms with E-state index in [1.807, 2.05) is 11.8 Å². The van der Waals surface area contributed by atoms with Crippen LogP contribution in [0.3, 0.4) is 0 Å². The van der Waals surface area contributed by atoms with E-state index in [-0.39, 0.29) is 16.7 Å². The van der Waals surface area contributed by atoms with Crippen LogP contribution in [0, 0.1) is 10.1 Å². The van der Waals surface area contributed by atoms with Crippen molar-refractivity contribution in [2.24, 2.45) is 7.05 Å². The van der Waals surface area contributed by atoms with Gasteiger partial charge in [0.1, 0.15) is 5.69 Å². The van der Waals surface area contributed by atoms with Gasteiger partial charge in [0.2, 0.25) is 5.82 Å². The molecule has 1 aromatic rings. The van der Waals surface area contributed by atoms with Gasteiger partial charge in [0, 0.05) is 39.8 Å². The third-order valence-corrected chi connectivity index (χ3v) is 3.77. The molecule has 0 bridgehead atoms. The van der Waals surface area contributed by atoms with E-state index >= 15 is 0 Å². The maximum Gasteiger partial charge on any atom is 0.334 e. The van der Waals surface area contributed by atoms with Gasteiger partial charge in [-0.1, -0.05) is 6.92 Å². The molecular formula is C13H23N5O3. The third kappa shape index (κ3) is 3.33. The van der Waals surface area contributed by atoms with Gasteiger partial charge in [-0.05, 0) is 13.3 Å². The lowest BCUT2D eigenvalue weighted by Crippen LogP contribution is -2.48. The average Bonchev–Trinajstić information content (AvgIpc) is 2.76. The van der Waals surface area contributed by atoms with Gasteiger partial charge in [-0.2, -0.15) is 5.10 Å². The van der Waals surface area contributed by atoms with E-state index in [1.165, 1.54) is 0 Å². The molecule has 1 aliphatic heterocycles. The van der Waals surface area contributed by atoms with Crippen molar-refractivity contribution in [3.8, 4) is 0 Å². The highest BCUT2D eigenvalue weighted by molar-refractivity contribution is 5.61. The zero-order valence-corrected chi connectivity index (χ0v) is 12.8. The quantitative estimate of drug-likeness (QED) is 0.625. The lowest BCUT2D eigenvalue weighted by Gasteiger charge is -2.35. The number of aromatic nitrogens is 2. The van der Waals surface area contributed by atoms with Crippen LogP contribution in [0.4, 0.5) is 11.5 Å². The van der Waals surface area contributed by atoms with Crippen LogP contribution in [-0.4, -0.2) is 63.5 Å². The molecule has 21 heavy (non-hydrogen) atoms. The Hall–Kier alpha value is -1.67. The van der Waals surface area contributed by atoms with Crippen LogP contribution in [0.5, 0.6) is 0 Å². The Morgan fingerprint density at radius 1 is 1.38 bits per heavy atom. The largest absolute Gasteiger partial charge is 0.392 e. The van der Waals surface area contributed by atoms with Gasteiger partial charge < -0.3 is 10.0 Å². The Morgan fingerprint density at radius 2 is 2.00 bits per heavy atom. The Kier molecular flexibility index (Phi) is 4.79. The molecule has 0 spiro atoms. The number of aliphatic hydroxyl groups is 1. The van der Waals surface area contributed by atoms with Gasteiger partial charge in [0.25, 0.3) is 0 Å². The molecular weight excluding hydrogens is 274 g/mol. The summed E-state index contributed by atoms with van der Waals surface area (Å²) in [6.07, 6.45) is 0.195. The Balaban J connectivity index is 2.17. The second-order valence-corrected chi connectivity index (χ2v) is 5.49. The SMILES string of the molecule is CCc1nn(C)c(N2CCN(C[C@@H](C)O)CC2)c1[N+](=O)[O-]. The average molecular weight is 297 g/mol. The standard InChI is InChI=1S/C13H23N5O3/c1-4-11-12(18(20)21)13(15(3)14-11)17-7-5-16(6-8-17)9-10(2)19/h10,19H,4-9H2,1-3H3/t10-/m1/s1. The number of aryl methyl sites for hydroxylation is 2. The molecule has 0 radical (unpaired) electrons. The van der Waals surface area contributed by atoms with Crippen molar-refractivity contribution in [1.82, 2.24) is 14.7 Å². The molecule has 0 amide bonds. The van der Waals surface area contributed by atoms with Crippen LogP contribution in [0.1, 0.15) is 19.5 Å². The van der Waals surface area contributed by atoms with Crippen LogP contribution in [0.2, 0.25) is 0 Å². The van der Waals surface area contributed by atoms with Crippen molar-refractivity contribution in [3.63, 3.8) is 0 Å². The van der Waals surface area contributed by atoms with Crippen molar-refractivity contribution < 1.29 is 10.0 Å². The fourth-order valence-electron chi connectivity index (χ4n) is 2.85. The summed E-state index contributed by atoms with van der Waals surface area (Å²) in [5.41, 5.74) is 0.660. The molecule has 1 fully saturated rings. The number of nitro groups is 1. The second-order valence-electron chi connectivity index (χ2n) is 5.49. The lowest BCUT2D eigenvalue weighted by molar-refractivity contribution is -0.384. The van der Waals surface area contributed by atoms with Gasteiger partial charge in [-0.3, -0.25) is 15.0 Å². The highest BCUT2D eigenvalue weighted by atomic mass is 16.6. The fraction of sp³-hybridized carbons (Fsp3) is 0.769. The summed E-state index contributed by atoms with van der Waals surface area (Å²) in [7, 11) is 1.75. The molecule has 1 aliphatic rings. The zero-order chi connectivity index (χ0) is 15.6. The Bertz CT molecular complexity index is 506. The Labute approximate surface area is 124 Å². The first kappa shape index (κ1) is 15.7. The fourth-order valence-corrected chi connectivity index (χ4v) is 2.85. The first-order valence-corrected chi connectivity index (χ1v) is 7.29. The van der Waals surface area contributed by atoms with Gasteiger partial charge in [0.05, 0.1) is 11.0 Å². The van der Waals surface area contributed by atoms with Crippen LogP contribution in [-0.2, 0) is 13.5 Å². The van der Waals surface area contributed by atoms with Crippen molar-refractivity contribution >= 4 is 11.5 Å². The number of nitrogens with zero attached hydrogens (tertiary/aromatic N) is 5. The zero-order valence-electron chi connectivity index (χ0n) is 12.8. The summed E-state index contributed by atoms with van der Waals surface area (Å²) < 4.78 is 1.61. The van der Waals surface area contributed by atoms with Crippen LogP contribution in [0.25, 0.3) is 0 Å². The van der Waals surface area contributed by atoms with Gasteiger partial charge >= 0.3 is 5.69 Å². The van der Waals surface area contributed by atoms with Crippen molar-refractivity contribution in [2.75, 3.05) is 37.6 Å². The second kappa shape index (κ2) is 6.40. The van der Waals surface area contributed by atoms with E-state index in [1.54, 1.807) is 18.7 Å². The molecule has 1 atom stereocenters. The molecule has 1 N–H and O–H groups in total. The van der Waals surface area contributed by atoms with Gasteiger partial charge in [0.15, 0.2) is 0 Å². The minimum Gasteiger partial charge on any atom is -0.392 e. The molecule has 0 aliphatic carbocycles. The smallest absolute Gasteiger partial charge is 0.334 e. The predicted molar refractivity (Wildman–Crippen MR) is 79.6 cm³/mol. The van der Waals surface area contributed by atoms with E-state index < -0.39 is 0 Å². The molecule has 0 saturated carbocycles. The van der Waals surface area contributed by atoms with Gasteiger partial charge in [-0.15, -0.1) is 0 Å². The minimum atomic E-state index is -0.353. The summed E-state index contributed by atoms with van der Waals surface area (Å²) in [5.74, 6) is 0.591. The van der Waals surface area contributed by atoms with Crippen molar-refractivity contribution in [2.45, 2.75) is 26.4 Å². The van der Waals surface area contributed by atoms with Gasteiger partial charge in [-0.25, -0.2) is 4.68 Å². The number of aliphatic hydroxyl groups excluding tert-OH is 1. The van der Waals surface area contributed by atoms with E-state index in [2.05, 4.69) is 10.00 Å².